The van der Waals surface area contributed by atoms with Crippen LogP contribution in [0, 0.1) is 0 Å². The minimum atomic E-state index is 0.244. The number of hydrogen-bond acceptors (Lipinski definition) is 1. The standard InChI is InChI=1S/C16H14O/c17-10-9-16-14-7-3-1-5-12(14)11-13-6-2-4-8-15(13)16/h1-8,10,16H,9,11H2. The molecule has 1 aliphatic rings. The van der Waals surface area contributed by atoms with E-state index in [4.69, 9.17) is 0 Å². The number of carbonyl (C=O) groups excluding carboxylic acids is 1. The van der Waals surface area contributed by atoms with E-state index >= 15 is 0 Å². The van der Waals surface area contributed by atoms with E-state index in [0.717, 1.165) is 12.7 Å². The van der Waals surface area contributed by atoms with E-state index in [1.807, 2.05) is 0 Å². The molecule has 0 saturated heterocycles. The lowest BCUT2D eigenvalue weighted by molar-refractivity contribution is -0.108. The molecule has 0 saturated carbocycles. The zero-order valence-corrected chi connectivity index (χ0v) is 9.60. The third kappa shape index (κ3) is 1.68. The lowest BCUT2D eigenvalue weighted by Gasteiger charge is -2.27. The van der Waals surface area contributed by atoms with E-state index in [9.17, 15) is 4.79 Å². The summed E-state index contributed by atoms with van der Waals surface area (Å²) in [6.45, 7) is 0. The Hall–Kier alpha value is -1.89. The van der Waals surface area contributed by atoms with Crippen molar-refractivity contribution >= 4 is 6.29 Å². The molecule has 0 unspecified atom stereocenters. The van der Waals surface area contributed by atoms with Crippen LogP contribution in [0.15, 0.2) is 48.5 Å². The summed E-state index contributed by atoms with van der Waals surface area (Å²) in [4.78, 5) is 10.9. The van der Waals surface area contributed by atoms with Crippen LogP contribution >= 0.6 is 0 Å². The molecular weight excluding hydrogens is 208 g/mol. The van der Waals surface area contributed by atoms with Gasteiger partial charge in [0.05, 0.1) is 0 Å². The average molecular weight is 222 g/mol. The zero-order valence-electron chi connectivity index (χ0n) is 9.60. The molecule has 0 atom stereocenters. The van der Waals surface area contributed by atoms with Gasteiger partial charge in [0.2, 0.25) is 0 Å². The Kier molecular flexibility index (Phi) is 2.52. The average Bonchev–Trinajstić information content (AvgIpc) is 2.39. The second kappa shape index (κ2) is 4.17. The first-order valence-electron chi connectivity index (χ1n) is 5.99. The van der Waals surface area contributed by atoms with Gasteiger partial charge in [-0.1, -0.05) is 48.5 Å². The Bertz CT molecular complexity index is 511. The highest BCUT2D eigenvalue weighted by molar-refractivity contribution is 5.58. The maximum absolute atomic E-state index is 10.9. The van der Waals surface area contributed by atoms with E-state index < -0.39 is 0 Å². The molecule has 0 spiro atoms. The molecule has 0 aromatic heterocycles. The molecule has 0 amide bonds. The Balaban J connectivity index is 2.16. The summed E-state index contributed by atoms with van der Waals surface area (Å²) in [5, 5.41) is 0. The van der Waals surface area contributed by atoms with Gasteiger partial charge in [0.25, 0.3) is 0 Å². The second-order valence-corrected chi connectivity index (χ2v) is 4.53. The van der Waals surface area contributed by atoms with Crippen molar-refractivity contribution in [1.82, 2.24) is 0 Å². The smallest absolute Gasteiger partial charge is 0.120 e. The molecule has 2 aromatic carbocycles. The number of benzene rings is 2. The summed E-state index contributed by atoms with van der Waals surface area (Å²) in [5.41, 5.74) is 5.35. The summed E-state index contributed by atoms with van der Waals surface area (Å²) < 4.78 is 0. The van der Waals surface area contributed by atoms with Crippen LogP contribution < -0.4 is 0 Å². The molecule has 3 rings (SSSR count). The van der Waals surface area contributed by atoms with Gasteiger partial charge in [-0.25, -0.2) is 0 Å². The molecule has 0 radical (unpaired) electrons. The van der Waals surface area contributed by atoms with Crippen molar-refractivity contribution in [1.29, 1.82) is 0 Å². The Morgan fingerprint density at radius 1 is 0.941 bits per heavy atom. The van der Waals surface area contributed by atoms with Gasteiger partial charge in [-0.2, -0.15) is 0 Å². The Morgan fingerprint density at radius 3 is 2.00 bits per heavy atom. The highest BCUT2D eigenvalue weighted by atomic mass is 16.1. The largest absolute Gasteiger partial charge is 0.303 e. The fourth-order valence-corrected chi connectivity index (χ4v) is 2.79. The molecule has 2 aromatic rings. The van der Waals surface area contributed by atoms with Crippen LogP contribution in [0.25, 0.3) is 0 Å². The van der Waals surface area contributed by atoms with E-state index in [2.05, 4.69) is 48.5 Å². The predicted molar refractivity (Wildman–Crippen MR) is 68.2 cm³/mol. The number of aldehydes is 1. The Morgan fingerprint density at radius 2 is 1.47 bits per heavy atom. The number of rotatable bonds is 2. The summed E-state index contributed by atoms with van der Waals surface area (Å²) in [7, 11) is 0. The van der Waals surface area contributed by atoms with Crippen LogP contribution in [0.1, 0.15) is 34.6 Å². The van der Waals surface area contributed by atoms with Crippen LogP contribution in [0.2, 0.25) is 0 Å². The molecule has 0 heterocycles. The van der Waals surface area contributed by atoms with Crippen LogP contribution in [-0.4, -0.2) is 6.29 Å². The molecule has 0 fully saturated rings. The number of carbonyl (C=O) groups is 1. The maximum atomic E-state index is 10.9. The molecule has 84 valence electrons. The highest BCUT2D eigenvalue weighted by Crippen LogP contribution is 2.37. The van der Waals surface area contributed by atoms with Gasteiger partial charge in [-0.3, -0.25) is 0 Å². The molecular formula is C16H14O. The van der Waals surface area contributed by atoms with Crippen molar-refractivity contribution in [3.8, 4) is 0 Å². The third-order valence-electron chi connectivity index (χ3n) is 3.57. The van der Waals surface area contributed by atoms with Gasteiger partial charge in [-0.15, -0.1) is 0 Å². The van der Waals surface area contributed by atoms with Crippen LogP contribution in [-0.2, 0) is 11.2 Å². The molecule has 0 bridgehead atoms. The van der Waals surface area contributed by atoms with Gasteiger partial charge in [-0.05, 0) is 28.7 Å². The molecule has 0 N–H and O–H groups in total. The van der Waals surface area contributed by atoms with Crippen molar-refractivity contribution in [2.45, 2.75) is 18.8 Å². The lowest BCUT2D eigenvalue weighted by Crippen LogP contribution is -2.13. The van der Waals surface area contributed by atoms with Crippen LogP contribution in [0.4, 0.5) is 0 Å². The van der Waals surface area contributed by atoms with Gasteiger partial charge in [0.1, 0.15) is 6.29 Å². The summed E-state index contributed by atoms with van der Waals surface area (Å²) >= 11 is 0. The van der Waals surface area contributed by atoms with Crippen molar-refractivity contribution in [3.63, 3.8) is 0 Å². The molecule has 1 nitrogen and oxygen atoms in total. The van der Waals surface area contributed by atoms with Gasteiger partial charge in [0.15, 0.2) is 0 Å². The van der Waals surface area contributed by atoms with Crippen LogP contribution in [0.5, 0.6) is 0 Å². The second-order valence-electron chi connectivity index (χ2n) is 4.53. The molecule has 1 aliphatic carbocycles. The fourth-order valence-electron chi connectivity index (χ4n) is 2.79. The summed E-state index contributed by atoms with van der Waals surface area (Å²) in [5.74, 6) is 0.244. The summed E-state index contributed by atoms with van der Waals surface area (Å²) in [6.07, 6.45) is 2.60. The van der Waals surface area contributed by atoms with Crippen molar-refractivity contribution in [2.24, 2.45) is 0 Å². The van der Waals surface area contributed by atoms with Crippen molar-refractivity contribution in [3.05, 3.63) is 70.8 Å². The van der Waals surface area contributed by atoms with Gasteiger partial charge in [0, 0.05) is 12.3 Å². The quantitative estimate of drug-likeness (QED) is 0.712. The summed E-state index contributed by atoms with van der Waals surface area (Å²) in [6, 6.07) is 16.9. The van der Waals surface area contributed by atoms with E-state index in [1.54, 1.807) is 0 Å². The number of fused-ring (bicyclic) bond motifs is 2. The normalized spacial score (nSPS) is 13.9. The molecule has 1 heteroatoms. The topological polar surface area (TPSA) is 17.1 Å². The SMILES string of the molecule is O=CCC1c2ccccc2Cc2ccccc21. The van der Waals surface area contributed by atoms with E-state index in [1.165, 1.54) is 22.3 Å². The first-order valence-corrected chi connectivity index (χ1v) is 5.99. The van der Waals surface area contributed by atoms with Gasteiger partial charge >= 0.3 is 0 Å². The van der Waals surface area contributed by atoms with Crippen LogP contribution in [0.3, 0.4) is 0 Å². The first-order chi connectivity index (χ1) is 8.40. The third-order valence-corrected chi connectivity index (χ3v) is 3.57. The lowest BCUT2D eigenvalue weighted by atomic mass is 9.77. The minimum absolute atomic E-state index is 0.244. The molecule has 17 heavy (non-hydrogen) atoms. The zero-order chi connectivity index (χ0) is 11.7. The van der Waals surface area contributed by atoms with E-state index in [-0.39, 0.29) is 5.92 Å². The first kappa shape index (κ1) is 10.3. The van der Waals surface area contributed by atoms with Crippen molar-refractivity contribution < 1.29 is 4.79 Å². The fraction of sp³-hybridized carbons (Fsp3) is 0.188. The predicted octanol–water partition coefficient (Wildman–Crippen LogP) is 3.31. The highest BCUT2D eigenvalue weighted by Gasteiger charge is 2.24. The maximum Gasteiger partial charge on any atom is 0.120 e. The van der Waals surface area contributed by atoms with E-state index in [0.29, 0.717) is 6.42 Å². The monoisotopic (exact) mass is 222 g/mol. The Labute approximate surface area is 101 Å². The minimum Gasteiger partial charge on any atom is -0.303 e. The van der Waals surface area contributed by atoms with Gasteiger partial charge < -0.3 is 4.79 Å². The molecule has 0 aliphatic heterocycles. The van der Waals surface area contributed by atoms with Crippen molar-refractivity contribution in [2.75, 3.05) is 0 Å². The number of hydrogen-bond donors (Lipinski definition) is 0.